The van der Waals surface area contributed by atoms with Gasteiger partial charge in [-0.3, -0.25) is 9.59 Å². The van der Waals surface area contributed by atoms with Crippen molar-refractivity contribution in [2.45, 2.75) is 12.8 Å². The van der Waals surface area contributed by atoms with Crippen molar-refractivity contribution in [1.29, 1.82) is 0 Å². The van der Waals surface area contributed by atoms with Crippen LogP contribution in [0.4, 0.5) is 4.39 Å². The Morgan fingerprint density at radius 3 is 2.30 bits per heavy atom. The molecule has 5 heteroatoms. The Morgan fingerprint density at radius 2 is 1.52 bits per heavy atom. The number of fused-ring (bicyclic) bond motifs is 1. The summed E-state index contributed by atoms with van der Waals surface area (Å²) in [5.74, 6) is -0.237. The van der Waals surface area contributed by atoms with Gasteiger partial charge < -0.3 is 9.47 Å². The summed E-state index contributed by atoms with van der Waals surface area (Å²) in [4.78, 5) is 24.4. The van der Waals surface area contributed by atoms with E-state index in [0.29, 0.717) is 30.3 Å². The summed E-state index contributed by atoms with van der Waals surface area (Å²) in [6.07, 6.45) is -0.0583. The molecule has 0 saturated carbocycles. The molecule has 0 fully saturated rings. The quantitative estimate of drug-likeness (QED) is 0.793. The van der Waals surface area contributed by atoms with Crippen LogP contribution in [0.5, 0.6) is 11.5 Å². The second-order valence-electron chi connectivity index (χ2n) is 5.16. The number of ketones is 2. The Hall–Kier alpha value is -2.69. The first-order valence-electron chi connectivity index (χ1n) is 7.36. The lowest BCUT2D eigenvalue weighted by molar-refractivity contribution is 0.0909. The maximum Gasteiger partial charge on any atom is 0.172 e. The molecule has 4 nitrogen and oxygen atoms in total. The molecule has 0 saturated heterocycles. The normalized spacial score (nSPS) is 12.7. The predicted octanol–water partition coefficient (Wildman–Crippen LogP) is 3.44. The summed E-state index contributed by atoms with van der Waals surface area (Å²) >= 11 is 0. The largest absolute Gasteiger partial charge is 0.486 e. The van der Waals surface area contributed by atoms with Crippen LogP contribution in [-0.2, 0) is 0 Å². The third kappa shape index (κ3) is 3.23. The molecule has 0 aromatic heterocycles. The molecular formula is C18H15FO4. The van der Waals surface area contributed by atoms with E-state index in [1.165, 1.54) is 18.2 Å². The Labute approximate surface area is 132 Å². The number of rotatable bonds is 5. The molecule has 0 spiro atoms. The highest BCUT2D eigenvalue weighted by molar-refractivity contribution is 6.03. The van der Waals surface area contributed by atoms with Crippen molar-refractivity contribution in [3.63, 3.8) is 0 Å². The number of Topliss-reactive ketones (excluding diaryl/α,β-unsaturated/α-hetero) is 2. The number of para-hydroxylation sites is 1. The fraction of sp³-hybridized carbons (Fsp3) is 0.222. The highest BCUT2D eigenvalue weighted by atomic mass is 19.1. The van der Waals surface area contributed by atoms with E-state index in [2.05, 4.69) is 0 Å². The molecule has 118 valence electrons. The zero-order valence-corrected chi connectivity index (χ0v) is 12.4. The SMILES string of the molecule is O=C(CCC(=O)c1cccc2c1OCCO2)c1ccccc1F. The van der Waals surface area contributed by atoms with E-state index in [4.69, 9.17) is 9.47 Å². The van der Waals surface area contributed by atoms with Gasteiger partial charge in [0.1, 0.15) is 19.0 Å². The minimum atomic E-state index is -0.571. The number of carbonyl (C=O) groups excluding carboxylic acids is 2. The highest BCUT2D eigenvalue weighted by Gasteiger charge is 2.21. The minimum Gasteiger partial charge on any atom is -0.486 e. The molecule has 0 aliphatic carbocycles. The van der Waals surface area contributed by atoms with Gasteiger partial charge >= 0.3 is 0 Å². The van der Waals surface area contributed by atoms with Gasteiger partial charge in [-0.1, -0.05) is 18.2 Å². The molecule has 0 N–H and O–H groups in total. The molecule has 2 aromatic rings. The Kier molecular flexibility index (Phi) is 4.37. The van der Waals surface area contributed by atoms with Crippen LogP contribution in [0.2, 0.25) is 0 Å². The molecule has 0 atom stereocenters. The summed E-state index contributed by atoms with van der Waals surface area (Å²) in [7, 11) is 0. The van der Waals surface area contributed by atoms with Crippen LogP contribution in [0, 0.1) is 5.82 Å². The van der Waals surface area contributed by atoms with E-state index in [-0.39, 0.29) is 24.2 Å². The number of ether oxygens (including phenoxy) is 2. The van der Waals surface area contributed by atoms with E-state index in [1.54, 1.807) is 24.3 Å². The third-order valence-corrected chi connectivity index (χ3v) is 3.62. The molecule has 0 amide bonds. The number of halogens is 1. The first kappa shape index (κ1) is 15.2. The van der Waals surface area contributed by atoms with Gasteiger partial charge in [-0.05, 0) is 24.3 Å². The van der Waals surface area contributed by atoms with Crippen molar-refractivity contribution in [2.75, 3.05) is 13.2 Å². The Bertz CT molecular complexity index is 754. The van der Waals surface area contributed by atoms with Crippen molar-refractivity contribution in [1.82, 2.24) is 0 Å². The molecule has 0 radical (unpaired) electrons. The van der Waals surface area contributed by atoms with Crippen molar-refractivity contribution in [3.8, 4) is 11.5 Å². The fourth-order valence-electron chi connectivity index (χ4n) is 2.48. The van der Waals surface area contributed by atoms with Gasteiger partial charge in [-0.25, -0.2) is 4.39 Å². The molecule has 0 unspecified atom stereocenters. The highest BCUT2D eigenvalue weighted by Crippen LogP contribution is 2.34. The summed E-state index contributed by atoms with van der Waals surface area (Å²) in [6.45, 7) is 0.821. The third-order valence-electron chi connectivity index (χ3n) is 3.62. The predicted molar refractivity (Wildman–Crippen MR) is 81.7 cm³/mol. The molecule has 3 rings (SSSR count). The number of hydrogen-bond acceptors (Lipinski definition) is 4. The van der Waals surface area contributed by atoms with Crippen LogP contribution in [0.15, 0.2) is 42.5 Å². The molecule has 1 aliphatic heterocycles. The van der Waals surface area contributed by atoms with Crippen molar-refractivity contribution in [2.24, 2.45) is 0 Å². The lowest BCUT2D eigenvalue weighted by atomic mass is 10.0. The van der Waals surface area contributed by atoms with E-state index in [0.717, 1.165) is 0 Å². The fourth-order valence-corrected chi connectivity index (χ4v) is 2.48. The summed E-state index contributed by atoms with van der Waals surface area (Å²) < 4.78 is 24.5. The van der Waals surface area contributed by atoms with Gasteiger partial charge in [0.25, 0.3) is 0 Å². The second-order valence-corrected chi connectivity index (χ2v) is 5.16. The first-order chi connectivity index (χ1) is 11.2. The van der Waals surface area contributed by atoms with Crippen LogP contribution in [-0.4, -0.2) is 24.8 Å². The molecule has 0 bridgehead atoms. The van der Waals surface area contributed by atoms with E-state index >= 15 is 0 Å². The van der Waals surface area contributed by atoms with Gasteiger partial charge in [0.05, 0.1) is 11.1 Å². The summed E-state index contributed by atoms with van der Waals surface area (Å²) in [6, 6.07) is 10.8. The Balaban J connectivity index is 1.71. The average Bonchev–Trinajstić information content (AvgIpc) is 2.59. The lowest BCUT2D eigenvalue weighted by Crippen LogP contribution is -2.18. The standard InChI is InChI=1S/C18H15FO4/c19-14-6-2-1-4-12(14)15(20)8-9-16(21)13-5-3-7-17-18(13)23-11-10-22-17/h1-7H,8-11H2. The van der Waals surface area contributed by atoms with E-state index in [9.17, 15) is 14.0 Å². The number of benzene rings is 2. The Morgan fingerprint density at radius 1 is 0.870 bits per heavy atom. The molecule has 1 aliphatic rings. The molecule has 2 aromatic carbocycles. The van der Waals surface area contributed by atoms with Gasteiger partial charge in [0, 0.05) is 12.8 Å². The number of carbonyl (C=O) groups is 2. The summed E-state index contributed by atoms with van der Waals surface area (Å²) in [5, 5.41) is 0. The van der Waals surface area contributed by atoms with Crippen molar-refractivity contribution >= 4 is 11.6 Å². The zero-order valence-electron chi connectivity index (χ0n) is 12.4. The van der Waals surface area contributed by atoms with E-state index < -0.39 is 11.6 Å². The maximum atomic E-state index is 13.6. The van der Waals surface area contributed by atoms with Crippen molar-refractivity contribution in [3.05, 3.63) is 59.4 Å². The van der Waals surface area contributed by atoms with Crippen LogP contribution in [0.25, 0.3) is 0 Å². The molecule has 1 heterocycles. The van der Waals surface area contributed by atoms with Crippen LogP contribution in [0.3, 0.4) is 0 Å². The van der Waals surface area contributed by atoms with Crippen LogP contribution < -0.4 is 9.47 Å². The summed E-state index contributed by atoms with van der Waals surface area (Å²) in [5.41, 5.74) is 0.401. The minimum absolute atomic E-state index is 0.00696. The van der Waals surface area contributed by atoms with Crippen LogP contribution >= 0.6 is 0 Å². The van der Waals surface area contributed by atoms with Crippen LogP contribution in [0.1, 0.15) is 33.6 Å². The molecule has 23 heavy (non-hydrogen) atoms. The number of hydrogen-bond donors (Lipinski definition) is 0. The van der Waals surface area contributed by atoms with Gasteiger partial charge in [0.2, 0.25) is 0 Å². The zero-order chi connectivity index (χ0) is 16.2. The smallest absolute Gasteiger partial charge is 0.172 e. The van der Waals surface area contributed by atoms with Crippen molar-refractivity contribution < 1.29 is 23.5 Å². The first-order valence-corrected chi connectivity index (χ1v) is 7.36. The van der Waals surface area contributed by atoms with Gasteiger partial charge in [-0.15, -0.1) is 0 Å². The van der Waals surface area contributed by atoms with Gasteiger partial charge in [0.15, 0.2) is 23.1 Å². The average molecular weight is 314 g/mol. The van der Waals surface area contributed by atoms with E-state index in [1.807, 2.05) is 0 Å². The monoisotopic (exact) mass is 314 g/mol. The second kappa shape index (κ2) is 6.60. The lowest BCUT2D eigenvalue weighted by Gasteiger charge is -2.20. The maximum absolute atomic E-state index is 13.6. The molecular weight excluding hydrogens is 299 g/mol. The van der Waals surface area contributed by atoms with Gasteiger partial charge in [-0.2, -0.15) is 0 Å². The topological polar surface area (TPSA) is 52.6 Å².